The van der Waals surface area contributed by atoms with Crippen LogP contribution in [0, 0.1) is 0 Å². The number of ether oxygens (including phenoxy) is 2. The van der Waals surface area contributed by atoms with Crippen molar-refractivity contribution in [2.24, 2.45) is 0 Å². The van der Waals surface area contributed by atoms with E-state index in [0.717, 1.165) is 0 Å². The Morgan fingerprint density at radius 2 is 1.94 bits per heavy atom. The molecule has 0 heterocycles. The fourth-order valence-electron chi connectivity index (χ4n) is 1.31. The fraction of sp³-hybridized carbons (Fsp3) is 0.417. The summed E-state index contributed by atoms with van der Waals surface area (Å²) in [5, 5.41) is 0. The van der Waals surface area contributed by atoms with Crippen molar-refractivity contribution in [3.8, 4) is 11.5 Å². The molecule has 1 aromatic rings. The molecule has 0 unspecified atom stereocenters. The minimum absolute atomic E-state index is 0.0440. The van der Waals surface area contributed by atoms with E-state index in [4.69, 9.17) is 9.47 Å². The Morgan fingerprint density at radius 1 is 1.24 bits per heavy atom. The van der Waals surface area contributed by atoms with Crippen LogP contribution in [0.25, 0.3) is 0 Å². The molecule has 1 amide bonds. The Labute approximate surface area is 101 Å². The van der Waals surface area contributed by atoms with Crippen molar-refractivity contribution in [3.05, 3.63) is 23.8 Å². The molecule has 0 aromatic heterocycles. The maximum absolute atomic E-state index is 11.5. The van der Waals surface area contributed by atoms with Crippen molar-refractivity contribution in [1.29, 1.82) is 0 Å². The van der Waals surface area contributed by atoms with Crippen molar-refractivity contribution in [1.82, 2.24) is 5.48 Å². The largest absolute Gasteiger partial charge is 0.493 e. The first-order valence-electron chi connectivity index (χ1n) is 5.26. The standard InChI is InChI=1S/C12H17NO4/c1-8(2)17-10-6-5-9(7-11(10)15-3)12(14)13-16-4/h5-8H,1-4H3,(H,13,14). The normalized spacial score (nSPS) is 10.2. The SMILES string of the molecule is CONC(=O)c1ccc(OC(C)C)c(OC)c1. The third-order valence-corrected chi connectivity index (χ3v) is 1.98. The highest BCUT2D eigenvalue weighted by molar-refractivity contribution is 5.94. The second-order valence-corrected chi connectivity index (χ2v) is 3.67. The molecule has 94 valence electrons. The fourth-order valence-corrected chi connectivity index (χ4v) is 1.31. The quantitative estimate of drug-likeness (QED) is 0.796. The van der Waals surface area contributed by atoms with Gasteiger partial charge in [-0.3, -0.25) is 9.63 Å². The molecule has 0 aliphatic rings. The molecule has 5 heteroatoms. The highest BCUT2D eigenvalue weighted by Gasteiger charge is 2.11. The summed E-state index contributed by atoms with van der Waals surface area (Å²) >= 11 is 0. The molecule has 1 rings (SSSR count). The van der Waals surface area contributed by atoms with Gasteiger partial charge in [0.2, 0.25) is 0 Å². The van der Waals surface area contributed by atoms with E-state index in [1.54, 1.807) is 18.2 Å². The van der Waals surface area contributed by atoms with Crippen molar-refractivity contribution in [2.75, 3.05) is 14.2 Å². The average molecular weight is 239 g/mol. The number of carbonyl (C=O) groups is 1. The monoisotopic (exact) mass is 239 g/mol. The minimum Gasteiger partial charge on any atom is -0.493 e. The summed E-state index contributed by atoms with van der Waals surface area (Å²) in [6.07, 6.45) is 0.0440. The van der Waals surface area contributed by atoms with Crippen LogP contribution >= 0.6 is 0 Å². The molecule has 0 aliphatic heterocycles. The van der Waals surface area contributed by atoms with Crippen molar-refractivity contribution in [3.63, 3.8) is 0 Å². The van der Waals surface area contributed by atoms with Gasteiger partial charge in [-0.15, -0.1) is 0 Å². The van der Waals surface area contributed by atoms with E-state index in [9.17, 15) is 4.79 Å². The summed E-state index contributed by atoms with van der Waals surface area (Å²) in [6, 6.07) is 4.95. The van der Waals surface area contributed by atoms with E-state index in [1.165, 1.54) is 14.2 Å². The van der Waals surface area contributed by atoms with E-state index in [1.807, 2.05) is 13.8 Å². The Hall–Kier alpha value is -1.75. The first kappa shape index (κ1) is 13.3. The lowest BCUT2D eigenvalue weighted by atomic mass is 10.2. The highest BCUT2D eigenvalue weighted by atomic mass is 16.6. The predicted octanol–water partition coefficient (Wildman–Crippen LogP) is 1.77. The number of methoxy groups -OCH3 is 1. The lowest BCUT2D eigenvalue weighted by Crippen LogP contribution is -2.21. The molecule has 0 spiro atoms. The molecule has 17 heavy (non-hydrogen) atoms. The van der Waals surface area contributed by atoms with Crippen LogP contribution in [0.3, 0.4) is 0 Å². The van der Waals surface area contributed by atoms with E-state index >= 15 is 0 Å². The third kappa shape index (κ3) is 3.64. The molecule has 0 atom stereocenters. The van der Waals surface area contributed by atoms with Crippen molar-refractivity contribution >= 4 is 5.91 Å². The lowest BCUT2D eigenvalue weighted by molar-refractivity contribution is 0.0537. The van der Waals surface area contributed by atoms with Crippen LogP contribution in [-0.2, 0) is 4.84 Å². The van der Waals surface area contributed by atoms with E-state index in [2.05, 4.69) is 10.3 Å². The molecule has 0 saturated heterocycles. The molecule has 5 nitrogen and oxygen atoms in total. The first-order chi connectivity index (χ1) is 8.08. The van der Waals surface area contributed by atoms with Crippen LogP contribution in [0.2, 0.25) is 0 Å². The molecule has 1 N–H and O–H groups in total. The van der Waals surface area contributed by atoms with Gasteiger partial charge in [0, 0.05) is 5.56 Å². The predicted molar refractivity (Wildman–Crippen MR) is 63.2 cm³/mol. The number of hydrogen-bond acceptors (Lipinski definition) is 4. The molecule has 0 fully saturated rings. The summed E-state index contributed by atoms with van der Waals surface area (Å²) in [5.41, 5.74) is 2.68. The summed E-state index contributed by atoms with van der Waals surface area (Å²) in [4.78, 5) is 16.1. The molecule has 0 aliphatic carbocycles. The zero-order valence-electron chi connectivity index (χ0n) is 10.4. The average Bonchev–Trinajstić information content (AvgIpc) is 2.29. The molecular weight excluding hydrogens is 222 g/mol. The van der Waals surface area contributed by atoms with Crippen LogP contribution in [0.15, 0.2) is 18.2 Å². The van der Waals surface area contributed by atoms with Gasteiger partial charge in [-0.2, -0.15) is 0 Å². The van der Waals surface area contributed by atoms with Crippen LogP contribution in [0.1, 0.15) is 24.2 Å². The van der Waals surface area contributed by atoms with Gasteiger partial charge in [0.1, 0.15) is 0 Å². The summed E-state index contributed by atoms with van der Waals surface area (Å²) in [5.74, 6) is 0.792. The zero-order chi connectivity index (χ0) is 12.8. The zero-order valence-corrected chi connectivity index (χ0v) is 10.4. The smallest absolute Gasteiger partial charge is 0.274 e. The maximum Gasteiger partial charge on any atom is 0.274 e. The Kier molecular flexibility index (Phi) is 4.78. The second-order valence-electron chi connectivity index (χ2n) is 3.67. The summed E-state index contributed by atoms with van der Waals surface area (Å²) < 4.78 is 10.7. The molecule has 0 saturated carbocycles. The third-order valence-electron chi connectivity index (χ3n) is 1.98. The Balaban J connectivity index is 2.95. The van der Waals surface area contributed by atoms with Gasteiger partial charge in [0.15, 0.2) is 11.5 Å². The minimum atomic E-state index is -0.332. The van der Waals surface area contributed by atoms with Gasteiger partial charge in [0.05, 0.1) is 20.3 Å². The van der Waals surface area contributed by atoms with Crippen LogP contribution in [0.4, 0.5) is 0 Å². The number of nitrogens with one attached hydrogen (secondary N) is 1. The van der Waals surface area contributed by atoms with Crippen LogP contribution in [-0.4, -0.2) is 26.2 Å². The van der Waals surface area contributed by atoms with Gasteiger partial charge < -0.3 is 9.47 Å². The molecular formula is C12H17NO4. The van der Waals surface area contributed by atoms with Gasteiger partial charge in [-0.05, 0) is 32.0 Å². The highest BCUT2D eigenvalue weighted by Crippen LogP contribution is 2.28. The maximum atomic E-state index is 11.5. The van der Waals surface area contributed by atoms with E-state index in [0.29, 0.717) is 17.1 Å². The van der Waals surface area contributed by atoms with Crippen molar-refractivity contribution in [2.45, 2.75) is 20.0 Å². The van der Waals surface area contributed by atoms with Crippen LogP contribution in [0.5, 0.6) is 11.5 Å². The van der Waals surface area contributed by atoms with Gasteiger partial charge in [0.25, 0.3) is 5.91 Å². The summed E-state index contributed by atoms with van der Waals surface area (Å²) in [6.45, 7) is 3.84. The number of hydrogen-bond donors (Lipinski definition) is 1. The second kappa shape index (κ2) is 6.10. The van der Waals surface area contributed by atoms with Crippen molar-refractivity contribution < 1.29 is 19.1 Å². The number of amides is 1. The number of hydroxylamine groups is 1. The lowest BCUT2D eigenvalue weighted by Gasteiger charge is -2.14. The summed E-state index contributed by atoms with van der Waals surface area (Å²) in [7, 11) is 2.91. The Morgan fingerprint density at radius 3 is 2.47 bits per heavy atom. The van der Waals surface area contributed by atoms with E-state index in [-0.39, 0.29) is 12.0 Å². The first-order valence-corrected chi connectivity index (χ1v) is 5.26. The molecule has 0 radical (unpaired) electrons. The van der Waals surface area contributed by atoms with E-state index < -0.39 is 0 Å². The number of rotatable bonds is 5. The molecule has 1 aromatic carbocycles. The Bertz CT molecular complexity index is 390. The number of carbonyl (C=O) groups excluding carboxylic acids is 1. The van der Waals surface area contributed by atoms with Gasteiger partial charge >= 0.3 is 0 Å². The van der Waals surface area contributed by atoms with Crippen LogP contribution < -0.4 is 15.0 Å². The van der Waals surface area contributed by atoms with Gasteiger partial charge in [-0.1, -0.05) is 0 Å². The topological polar surface area (TPSA) is 56.8 Å². The number of benzene rings is 1. The molecule has 0 bridgehead atoms. The van der Waals surface area contributed by atoms with Gasteiger partial charge in [-0.25, -0.2) is 5.48 Å².